The number of hydrogen-bond donors (Lipinski definition) is 1. The molecule has 0 radical (unpaired) electrons. The van der Waals surface area contributed by atoms with Crippen molar-refractivity contribution < 1.29 is 0 Å². The maximum absolute atomic E-state index is 5.55. The zero-order chi connectivity index (χ0) is 11.7. The van der Waals surface area contributed by atoms with Crippen LogP contribution in [0.5, 0.6) is 0 Å². The van der Waals surface area contributed by atoms with E-state index in [2.05, 4.69) is 34.4 Å². The van der Waals surface area contributed by atoms with Crippen LogP contribution >= 0.6 is 11.3 Å². The van der Waals surface area contributed by atoms with Gasteiger partial charge in [-0.05, 0) is 6.92 Å². The first kappa shape index (κ1) is 11.2. The van der Waals surface area contributed by atoms with Crippen LogP contribution in [0.4, 0.5) is 0 Å². The molecule has 0 fully saturated rings. The third-order valence-corrected chi connectivity index (χ3v) is 3.49. The van der Waals surface area contributed by atoms with Gasteiger partial charge in [-0.3, -0.25) is 0 Å². The van der Waals surface area contributed by atoms with Crippen LogP contribution in [0.15, 0.2) is 0 Å². The van der Waals surface area contributed by atoms with Gasteiger partial charge in [-0.1, -0.05) is 30.4 Å². The van der Waals surface area contributed by atoms with Crippen LogP contribution in [0.1, 0.15) is 36.2 Å². The fourth-order valence-corrected chi connectivity index (χ4v) is 2.12. The molecule has 0 saturated heterocycles. The Morgan fingerprint density at radius 2 is 2.06 bits per heavy atom. The first-order chi connectivity index (χ1) is 7.63. The minimum absolute atomic E-state index is 0.379. The van der Waals surface area contributed by atoms with Crippen molar-refractivity contribution in [2.45, 2.75) is 33.2 Å². The van der Waals surface area contributed by atoms with Crippen LogP contribution in [-0.4, -0.2) is 25.2 Å². The monoisotopic (exact) mass is 238 g/mol. The molecule has 0 saturated carbocycles. The van der Waals surface area contributed by atoms with E-state index in [0.717, 1.165) is 21.5 Å². The summed E-state index contributed by atoms with van der Waals surface area (Å²) >= 11 is 1.53. The molecule has 16 heavy (non-hydrogen) atoms. The number of hydrogen-bond acceptors (Lipinski definition) is 6. The molecule has 2 heterocycles. The lowest BCUT2D eigenvalue weighted by atomic mass is 10.2. The van der Waals surface area contributed by atoms with Gasteiger partial charge in [0.2, 0.25) is 5.13 Å². The van der Waals surface area contributed by atoms with E-state index in [-0.39, 0.29) is 0 Å². The Morgan fingerprint density at radius 3 is 2.56 bits per heavy atom. The van der Waals surface area contributed by atoms with Gasteiger partial charge in [0.25, 0.3) is 0 Å². The van der Waals surface area contributed by atoms with Crippen LogP contribution < -0.4 is 5.73 Å². The van der Waals surface area contributed by atoms with E-state index in [1.165, 1.54) is 11.3 Å². The van der Waals surface area contributed by atoms with Crippen LogP contribution in [-0.2, 0) is 6.54 Å². The zero-order valence-electron chi connectivity index (χ0n) is 9.51. The van der Waals surface area contributed by atoms with Crippen molar-refractivity contribution in [2.24, 2.45) is 5.73 Å². The van der Waals surface area contributed by atoms with E-state index in [4.69, 9.17) is 5.73 Å². The molecule has 0 amide bonds. The molecular weight excluding hydrogens is 224 g/mol. The van der Waals surface area contributed by atoms with Crippen LogP contribution in [0, 0.1) is 6.92 Å². The van der Waals surface area contributed by atoms with Crippen molar-refractivity contribution >= 4 is 11.3 Å². The minimum atomic E-state index is 0.379. The van der Waals surface area contributed by atoms with E-state index in [9.17, 15) is 0 Å². The van der Waals surface area contributed by atoms with Gasteiger partial charge in [-0.15, -0.1) is 15.3 Å². The van der Waals surface area contributed by atoms with Crippen molar-refractivity contribution in [3.63, 3.8) is 0 Å². The molecule has 6 nitrogen and oxygen atoms in total. The lowest BCUT2D eigenvalue weighted by molar-refractivity contribution is 0.758. The standard InChI is InChI=1S/C9H14N6S/c1-5(2)8-12-13-9(16-8)15-6(3)7(4-10)11-14-15/h5H,4,10H2,1-3H3. The van der Waals surface area contributed by atoms with Crippen LogP contribution in [0.25, 0.3) is 5.13 Å². The highest BCUT2D eigenvalue weighted by Crippen LogP contribution is 2.22. The van der Waals surface area contributed by atoms with Crippen molar-refractivity contribution in [1.82, 2.24) is 25.2 Å². The van der Waals surface area contributed by atoms with Crippen molar-refractivity contribution in [3.8, 4) is 5.13 Å². The average Bonchev–Trinajstić information content (AvgIpc) is 2.83. The Hall–Kier alpha value is -1.34. The van der Waals surface area contributed by atoms with Gasteiger partial charge in [0.15, 0.2) is 0 Å². The minimum Gasteiger partial charge on any atom is -0.325 e. The van der Waals surface area contributed by atoms with Gasteiger partial charge < -0.3 is 5.73 Å². The fourth-order valence-electron chi connectivity index (χ4n) is 1.28. The predicted molar refractivity (Wildman–Crippen MR) is 61.5 cm³/mol. The molecule has 0 spiro atoms. The van der Waals surface area contributed by atoms with Gasteiger partial charge >= 0.3 is 0 Å². The Bertz CT molecular complexity index is 486. The van der Waals surface area contributed by atoms with Gasteiger partial charge in [0.05, 0.1) is 11.4 Å². The molecule has 2 N–H and O–H groups in total. The molecular formula is C9H14N6S. The highest BCUT2D eigenvalue weighted by Gasteiger charge is 2.14. The van der Waals surface area contributed by atoms with E-state index in [1.807, 2.05) is 6.92 Å². The summed E-state index contributed by atoms with van der Waals surface area (Å²) in [6.07, 6.45) is 0. The second kappa shape index (κ2) is 4.26. The zero-order valence-corrected chi connectivity index (χ0v) is 10.3. The Kier molecular flexibility index (Phi) is 2.97. The topological polar surface area (TPSA) is 82.5 Å². The third-order valence-electron chi connectivity index (χ3n) is 2.29. The number of rotatable bonds is 3. The second-order valence-corrected chi connectivity index (χ2v) is 4.80. The van der Waals surface area contributed by atoms with Crippen molar-refractivity contribution in [2.75, 3.05) is 0 Å². The highest BCUT2D eigenvalue weighted by atomic mass is 32.1. The van der Waals surface area contributed by atoms with Crippen molar-refractivity contribution in [3.05, 3.63) is 16.4 Å². The van der Waals surface area contributed by atoms with Gasteiger partial charge in [-0.25, -0.2) is 0 Å². The van der Waals surface area contributed by atoms with Gasteiger partial charge in [0, 0.05) is 12.5 Å². The fraction of sp³-hybridized carbons (Fsp3) is 0.556. The number of nitrogens with zero attached hydrogens (tertiary/aromatic N) is 5. The number of nitrogens with two attached hydrogens (primary N) is 1. The van der Waals surface area contributed by atoms with E-state index in [0.29, 0.717) is 12.5 Å². The lowest BCUT2D eigenvalue weighted by Gasteiger charge is -1.97. The molecule has 0 aliphatic rings. The smallest absolute Gasteiger partial charge is 0.234 e. The first-order valence-electron chi connectivity index (χ1n) is 5.08. The van der Waals surface area contributed by atoms with E-state index >= 15 is 0 Å². The summed E-state index contributed by atoms with van der Waals surface area (Å²) in [7, 11) is 0. The molecule has 2 aromatic heterocycles. The largest absolute Gasteiger partial charge is 0.325 e. The summed E-state index contributed by atoms with van der Waals surface area (Å²) in [5.41, 5.74) is 7.26. The average molecular weight is 238 g/mol. The maximum Gasteiger partial charge on any atom is 0.234 e. The predicted octanol–water partition coefficient (Wildman–Crippen LogP) is 1.01. The molecule has 0 aliphatic heterocycles. The van der Waals surface area contributed by atoms with Crippen LogP contribution in [0.2, 0.25) is 0 Å². The molecule has 2 aromatic rings. The molecule has 0 aromatic carbocycles. The summed E-state index contributed by atoms with van der Waals surface area (Å²) < 4.78 is 1.69. The molecule has 0 unspecified atom stereocenters. The molecule has 0 bridgehead atoms. The molecule has 86 valence electrons. The second-order valence-electron chi connectivity index (χ2n) is 3.82. The normalized spacial score (nSPS) is 11.3. The molecule has 7 heteroatoms. The Labute approximate surface area is 97.5 Å². The first-order valence-corrected chi connectivity index (χ1v) is 5.90. The van der Waals surface area contributed by atoms with E-state index < -0.39 is 0 Å². The summed E-state index contributed by atoms with van der Waals surface area (Å²) in [4.78, 5) is 0. The summed E-state index contributed by atoms with van der Waals surface area (Å²) in [5.74, 6) is 0.379. The molecule has 0 atom stereocenters. The van der Waals surface area contributed by atoms with Crippen LogP contribution in [0.3, 0.4) is 0 Å². The lowest BCUT2D eigenvalue weighted by Crippen LogP contribution is -2.01. The van der Waals surface area contributed by atoms with Gasteiger partial charge in [-0.2, -0.15) is 4.68 Å². The summed E-state index contributed by atoms with van der Waals surface area (Å²) in [6.45, 7) is 6.49. The van der Waals surface area contributed by atoms with Crippen molar-refractivity contribution in [1.29, 1.82) is 0 Å². The summed E-state index contributed by atoms with van der Waals surface area (Å²) in [5, 5.41) is 18.0. The Balaban J connectivity index is 2.39. The quantitative estimate of drug-likeness (QED) is 0.862. The summed E-state index contributed by atoms with van der Waals surface area (Å²) in [6, 6.07) is 0. The maximum atomic E-state index is 5.55. The SMILES string of the molecule is Cc1c(CN)nnn1-c1nnc(C(C)C)s1. The highest BCUT2D eigenvalue weighted by molar-refractivity contribution is 7.13. The van der Waals surface area contributed by atoms with Gasteiger partial charge in [0.1, 0.15) is 5.01 Å². The Morgan fingerprint density at radius 1 is 1.31 bits per heavy atom. The van der Waals surface area contributed by atoms with E-state index in [1.54, 1.807) is 4.68 Å². The third kappa shape index (κ3) is 1.83. The number of aromatic nitrogens is 5. The molecule has 2 rings (SSSR count). The molecule has 0 aliphatic carbocycles.